The molecular weight excluding hydrogens is 457 g/mol. The van der Waals surface area contributed by atoms with Crippen LogP contribution in [0, 0.1) is 10.1 Å². The number of hydrogen-bond acceptors (Lipinski definition) is 7. The lowest BCUT2D eigenvalue weighted by Gasteiger charge is -2.47. The molecule has 1 amide bonds. The average molecular weight is 490 g/mol. The first-order chi connectivity index (χ1) is 16.2. The Balaban J connectivity index is 1.95. The number of carbonyl (C=O) groups is 1. The van der Waals surface area contributed by atoms with Crippen LogP contribution in [0.25, 0.3) is 0 Å². The molecule has 0 saturated carbocycles. The van der Waals surface area contributed by atoms with Crippen LogP contribution >= 0.6 is 7.60 Å². The molecule has 0 aliphatic carbocycles. The summed E-state index contributed by atoms with van der Waals surface area (Å²) in [6, 6.07) is 15.1. The van der Waals surface area contributed by atoms with Crippen LogP contribution in [0.4, 0.5) is 5.69 Å². The van der Waals surface area contributed by atoms with Gasteiger partial charge in [0.25, 0.3) is 11.6 Å². The van der Waals surface area contributed by atoms with E-state index in [1.807, 2.05) is 37.3 Å². The third-order valence-electron chi connectivity index (χ3n) is 5.99. The Labute approximate surface area is 200 Å². The molecular formula is C24H32N3O6P. The highest BCUT2D eigenvalue weighted by Gasteiger charge is 2.54. The Morgan fingerprint density at radius 2 is 1.76 bits per heavy atom. The minimum absolute atomic E-state index is 0.0833. The molecule has 1 aliphatic heterocycles. The van der Waals surface area contributed by atoms with E-state index in [4.69, 9.17) is 9.05 Å². The Bertz CT molecular complexity index is 1020. The van der Waals surface area contributed by atoms with E-state index in [2.05, 4.69) is 5.32 Å². The monoisotopic (exact) mass is 489 g/mol. The number of rotatable bonds is 10. The summed E-state index contributed by atoms with van der Waals surface area (Å²) < 4.78 is 25.7. The average Bonchev–Trinajstić information content (AvgIpc) is 2.84. The van der Waals surface area contributed by atoms with Crippen molar-refractivity contribution in [3.8, 4) is 0 Å². The normalized spacial score (nSPS) is 19.6. The van der Waals surface area contributed by atoms with E-state index in [1.54, 1.807) is 18.7 Å². The quantitative estimate of drug-likeness (QED) is 0.279. The molecule has 0 radical (unpaired) electrons. The fraction of sp³-hybridized carbons (Fsp3) is 0.458. The largest absolute Gasteiger partial charge is 0.352 e. The molecule has 0 aromatic heterocycles. The lowest BCUT2D eigenvalue weighted by Crippen LogP contribution is -2.58. The summed E-state index contributed by atoms with van der Waals surface area (Å²) in [4.78, 5) is 25.4. The van der Waals surface area contributed by atoms with Gasteiger partial charge < -0.3 is 13.9 Å². The predicted molar refractivity (Wildman–Crippen MR) is 130 cm³/mol. The van der Waals surface area contributed by atoms with Crippen LogP contribution in [0.1, 0.15) is 55.6 Å². The van der Waals surface area contributed by atoms with E-state index in [-0.39, 0.29) is 37.4 Å². The fourth-order valence-corrected chi connectivity index (χ4v) is 6.77. The highest BCUT2D eigenvalue weighted by molar-refractivity contribution is 7.55. The molecule has 1 N–H and O–H groups in total. The third-order valence-corrected chi connectivity index (χ3v) is 8.73. The van der Waals surface area contributed by atoms with Crippen molar-refractivity contribution in [3.63, 3.8) is 0 Å². The van der Waals surface area contributed by atoms with Gasteiger partial charge in [0.1, 0.15) is 5.28 Å². The van der Waals surface area contributed by atoms with Crippen molar-refractivity contribution < 1.29 is 23.3 Å². The first kappa shape index (κ1) is 26.0. The molecule has 2 aromatic carbocycles. The van der Waals surface area contributed by atoms with Crippen molar-refractivity contribution in [2.45, 2.75) is 44.9 Å². The SMILES string of the molecule is CCOP(=O)(OCC)C1(N[C@@H](C)c2ccccc2)CCCN(C(=O)c2ccc([N+](=O)[O-])cc2)C1. The van der Waals surface area contributed by atoms with Crippen LogP contribution in [-0.4, -0.2) is 47.3 Å². The van der Waals surface area contributed by atoms with Gasteiger partial charge in [-0.25, -0.2) is 0 Å². The number of benzene rings is 2. The molecule has 1 heterocycles. The Kier molecular flexibility index (Phi) is 8.60. The van der Waals surface area contributed by atoms with Crippen molar-refractivity contribution in [2.75, 3.05) is 26.3 Å². The molecule has 184 valence electrons. The number of amides is 1. The van der Waals surface area contributed by atoms with Crippen LogP contribution in [0.2, 0.25) is 0 Å². The summed E-state index contributed by atoms with van der Waals surface area (Å²) >= 11 is 0. The van der Waals surface area contributed by atoms with Gasteiger partial charge in [0.2, 0.25) is 0 Å². The molecule has 9 nitrogen and oxygen atoms in total. The van der Waals surface area contributed by atoms with Gasteiger partial charge in [-0.05, 0) is 51.3 Å². The number of likely N-dealkylation sites (tertiary alicyclic amines) is 1. The van der Waals surface area contributed by atoms with Crippen LogP contribution in [0.3, 0.4) is 0 Å². The summed E-state index contributed by atoms with van der Waals surface area (Å²) in [5, 5.41) is 13.4. The number of nitrogens with zero attached hydrogens (tertiary/aromatic N) is 2. The van der Waals surface area contributed by atoms with Gasteiger partial charge in [-0.3, -0.25) is 24.8 Å². The molecule has 2 aromatic rings. The molecule has 1 fully saturated rings. The molecule has 2 atom stereocenters. The molecule has 10 heteroatoms. The maximum Gasteiger partial charge on any atom is 0.352 e. The van der Waals surface area contributed by atoms with Crippen molar-refractivity contribution >= 4 is 19.2 Å². The van der Waals surface area contributed by atoms with E-state index < -0.39 is 17.8 Å². The maximum atomic E-state index is 14.2. The summed E-state index contributed by atoms with van der Waals surface area (Å²) in [6.45, 7) is 6.52. The number of nitrogens with one attached hydrogen (secondary N) is 1. The predicted octanol–water partition coefficient (Wildman–Crippen LogP) is 5.14. The Morgan fingerprint density at radius 3 is 2.32 bits per heavy atom. The van der Waals surface area contributed by atoms with E-state index >= 15 is 0 Å². The van der Waals surface area contributed by atoms with Gasteiger partial charge in [-0.2, -0.15) is 0 Å². The molecule has 1 saturated heterocycles. The second-order valence-corrected chi connectivity index (χ2v) is 10.6. The number of piperidine rings is 1. The van der Waals surface area contributed by atoms with Crippen molar-refractivity contribution in [1.82, 2.24) is 10.2 Å². The Hall–Kier alpha value is -2.58. The number of hydrogen-bond donors (Lipinski definition) is 1. The van der Waals surface area contributed by atoms with E-state index in [0.717, 1.165) is 5.56 Å². The van der Waals surface area contributed by atoms with Gasteiger partial charge in [0.05, 0.1) is 24.7 Å². The zero-order valence-corrected chi connectivity index (χ0v) is 20.7. The summed E-state index contributed by atoms with van der Waals surface area (Å²) in [7, 11) is -3.68. The maximum absolute atomic E-state index is 14.2. The van der Waals surface area contributed by atoms with E-state index in [0.29, 0.717) is 24.9 Å². The van der Waals surface area contributed by atoms with Gasteiger partial charge in [0.15, 0.2) is 0 Å². The summed E-state index contributed by atoms with van der Waals surface area (Å²) in [6.07, 6.45) is 1.10. The standard InChI is InChI=1S/C24H32N3O6P/c1-4-32-34(31,33-5-2)24(25-19(3)20-10-7-6-8-11-20)16-9-17-26(18-24)23(28)21-12-14-22(15-13-21)27(29)30/h6-8,10-15,19,25H,4-5,9,16-18H2,1-3H3/t19-,24?/m0/s1. The smallest absolute Gasteiger partial charge is 0.336 e. The minimum atomic E-state index is -3.68. The lowest BCUT2D eigenvalue weighted by atomic mass is 10.0. The summed E-state index contributed by atoms with van der Waals surface area (Å²) in [5.41, 5.74) is 1.26. The molecule has 1 aliphatic rings. The molecule has 0 spiro atoms. The topological polar surface area (TPSA) is 111 Å². The number of non-ortho nitro benzene ring substituents is 1. The van der Waals surface area contributed by atoms with Gasteiger partial charge >= 0.3 is 7.60 Å². The van der Waals surface area contributed by atoms with Crippen LogP contribution in [-0.2, 0) is 13.6 Å². The van der Waals surface area contributed by atoms with Gasteiger partial charge in [-0.15, -0.1) is 0 Å². The van der Waals surface area contributed by atoms with Gasteiger partial charge in [0, 0.05) is 30.3 Å². The van der Waals surface area contributed by atoms with Crippen molar-refractivity contribution in [1.29, 1.82) is 0 Å². The van der Waals surface area contributed by atoms with Crippen molar-refractivity contribution in [2.24, 2.45) is 0 Å². The van der Waals surface area contributed by atoms with Crippen LogP contribution in [0.15, 0.2) is 54.6 Å². The third kappa shape index (κ3) is 5.55. The molecule has 3 rings (SSSR count). The second kappa shape index (κ2) is 11.2. The van der Waals surface area contributed by atoms with Gasteiger partial charge in [-0.1, -0.05) is 30.3 Å². The first-order valence-corrected chi connectivity index (χ1v) is 13.0. The van der Waals surface area contributed by atoms with Crippen LogP contribution in [0.5, 0.6) is 0 Å². The zero-order chi connectivity index (χ0) is 24.8. The number of carbonyl (C=O) groups excluding carboxylic acids is 1. The van der Waals surface area contributed by atoms with Crippen molar-refractivity contribution in [3.05, 3.63) is 75.8 Å². The highest BCUT2D eigenvalue weighted by atomic mass is 31.2. The van der Waals surface area contributed by atoms with Crippen LogP contribution < -0.4 is 5.32 Å². The zero-order valence-electron chi connectivity index (χ0n) is 19.8. The molecule has 34 heavy (non-hydrogen) atoms. The Morgan fingerprint density at radius 1 is 1.15 bits per heavy atom. The highest BCUT2D eigenvalue weighted by Crippen LogP contribution is 2.62. The first-order valence-electron chi connectivity index (χ1n) is 11.5. The number of nitro benzene ring substituents is 1. The van der Waals surface area contributed by atoms with E-state index in [9.17, 15) is 19.5 Å². The minimum Gasteiger partial charge on any atom is -0.336 e. The molecule has 1 unspecified atom stereocenters. The molecule has 0 bridgehead atoms. The fourth-order valence-electron chi connectivity index (χ4n) is 4.39. The van der Waals surface area contributed by atoms with E-state index in [1.165, 1.54) is 24.3 Å². The lowest BCUT2D eigenvalue weighted by molar-refractivity contribution is -0.384. The number of nitro groups is 1. The second-order valence-electron chi connectivity index (χ2n) is 8.28. The summed E-state index contributed by atoms with van der Waals surface area (Å²) in [5.74, 6) is -0.285.